The first-order chi connectivity index (χ1) is 9.73. The third-order valence-electron chi connectivity index (χ3n) is 3.97. The monoisotopic (exact) mass is 272 g/mol. The molecule has 0 aromatic carbocycles. The summed E-state index contributed by atoms with van der Waals surface area (Å²) in [6.07, 6.45) is 8.80. The van der Waals surface area contributed by atoms with Crippen LogP contribution in [-0.2, 0) is 25.7 Å². The van der Waals surface area contributed by atoms with E-state index < -0.39 is 0 Å². The van der Waals surface area contributed by atoms with Gasteiger partial charge in [0.25, 0.3) is 0 Å². The van der Waals surface area contributed by atoms with Crippen LogP contribution in [0.25, 0.3) is 0 Å². The molecule has 110 valence electrons. The van der Waals surface area contributed by atoms with Crippen molar-refractivity contribution in [2.75, 3.05) is 0 Å². The lowest BCUT2D eigenvalue weighted by molar-refractivity contribution is 0.727. The minimum Gasteiger partial charge on any atom is -0.242 e. The highest BCUT2D eigenvalue weighted by molar-refractivity contribution is 5.45. The van der Waals surface area contributed by atoms with Gasteiger partial charge in [0.05, 0.1) is 0 Å². The number of nitrogens with zero attached hydrogens (tertiary/aromatic N) is 2. The summed E-state index contributed by atoms with van der Waals surface area (Å²) in [5, 5.41) is 9.37. The van der Waals surface area contributed by atoms with E-state index in [1.165, 1.54) is 41.6 Å². The first-order valence-electron chi connectivity index (χ1n) is 8.16. The van der Waals surface area contributed by atoms with E-state index in [1.54, 1.807) is 0 Å². The van der Waals surface area contributed by atoms with Gasteiger partial charge in [0.2, 0.25) is 0 Å². The van der Waals surface area contributed by atoms with Gasteiger partial charge in [-0.05, 0) is 55.2 Å². The Labute approximate surface area is 124 Å². The van der Waals surface area contributed by atoms with Gasteiger partial charge in [-0.1, -0.05) is 40.5 Å². The molecule has 0 unspecified atom stereocenters. The molecule has 2 nitrogen and oxygen atoms in total. The average Bonchev–Trinajstić information content (AvgIpc) is 2.49. The van der Waals surface area contributed by atoms with Crippen LogP contribution >= 0.6 is 0 Å². The second kappa shape index (κ2) is 8.74. The lowest BCUT2D eigenvalue weighted by Gasteiger charge is -2.18. The number of aromatic nitrogens is 1. The number of hydrogen-bond donors (Lipinski definition) is 0. The van der Waals surface area contributed by atoms with E-state index in [0.29, 0.717) is 5.69 Å². The molecule has 1 aromatic rings. The van der Waals surface area contributed by atoms with Gasteiger partial charge in [-0.15, -0.1) is 0 Å². The second-order valence-corrected chi connectivity index (χ2v) is 5.37. The van der Waals surface area contributed by atoms with Crippen molar-refractivity contribution in [2.24, 2.45) is 0 Å². The molecule has 0 atom stereocenters. The maximum Gasteiger partial charge on any atom is 0.144 e. The number of rotatable bonds is 8. The van der Waals surface area contributed by atoms with E-state index in [2.05, 4.69) is 33.8 Å². The zero-order chi connectivity index (χ0) is 15.0. The third kappa shape index (κ3) is 3.82. The van der Waals surface area contributed by atoms with E-state index in [4.69, 9.17) is 4.98 Å². The average molecular weight is 272 g/mol. The first kappa shape index (κ1) is 16.7. The Hall–Kier alpha value is -1.36. The fourth-order valence-corrected chi connectivity index (χ4v) is 2.87. The van der Waals surface area contributed by atoms with Crippen LogP contribution < -0.4 is 0 Å². The fourth-order valence-electron chi connectivity index (χ4n) is 2.87. The Morgan fingerprint density at radius 3 is 1.95 bits per heavy atom. The van der Waals surface area contributed by atoms with Gasteiger partial charge in [-0.25, -0.2) is 4.98 Å². The smallest absolute Gasteiger partial charge is 0.144 e. The molecule has 2 heteroatoms. The predicted octanol–water partition coefficient (Wildman–Crippen LogP) is 4.76. The van der Waals surface area contributed by atoms with Gasteiger partial charge in [0.15, 0.2) is 0 Å². The van der Waals surface area contributed by atoms with Gasteiger partial charge in [0.1, 0.15) is 11.8 Å². The molecule has 0 radical (unpaired) electrons. The molecule has 0 N–H and O–H groups in total. The van der Waals surface area contributed by atoms with Crippen molar-refractivity contribution < 1.29 is 0 Å². The highest BCUT2D eigenvalue weighted by Crippen LogP contribution is 2.25. The van der Waals surface area contributed by atoms with Crippen LogP contribution in [0.4, 0.5) is 0 Å². The molecule has 1 rings (SSSR count). The van der Waals surface area contributed by atoms with Gasteiger partial charge in [-0.2, -0.15) is 5.26 Å². The molecule has 0 bridgehead atoms. The maximum atomic E-state index is 9.37. The lowest BCUT2D eigenvalue weighted by atomic mass is 9.90. The van der Waals surface area contributed by atoms with Crippen molar-refractivity contribution in [2.45, 2.75) is 79.1 Å². The molecular weight excluding hydrogens is 244 g/mol. The largest absolute Gasteiger partial charge is 0.242 e. The van der Waals surface area contributed by atoms with Gasteiger partial charge < -0.3 is 0 Å². The summed E-state index contributed by atoms with van der Waals surface area (Å²) in [4.78, 5) is 4.70. The molecule has 1 aromatic heterocycles. The number of unbranched alkanes of at least 4 members (excludes halogenated alkanes) is 2. The van der Waals surface area contributed by atoms with E-state index in [-0.39, 0.29) is 0 Å². The highest BCUT2D eigenvalue weighted by atomic mass is 14.7. The molecule has 0 aliphatic rings. The number of nitriles is 1. The summed E-state index contributed by atoms with van der Waals surface area (Å²) in [5.74, 6) is 0. The molecular formula is C18H28N2. The molecule has 20 heavy (non-hydrogen) atoms. The van der Waals surface area contributed by atoms with E-state index >= 15 is 0 Å². The second-order valence-electron chi connectivity index (χ2n) is 5.37. The standard InChI is InChI=1S/C18H28N2/c1-5-9-11-16-14(7-3)15(8-4)18(13-19)20-17(16)12-10-6-2/h5-12H2,1-4H3. The molecule has 0 aliphatic carbocycles. The van der Waals surface area contributed by atoms with Crippen LogP contribution in [0.15, 0.2) is 0 Å². The molecule has 0 saturated heterocycles. The molecule has 1 heterocycles. The summed E-state index contributed by atoms with van der Waals surface area (Å²) in [6, 6.07) is 2.31. The van der Waals surface area contributed by atoms with Crippen LogP contribution in [0.5, 0.6) is 0 Å². The Morgan fingerprint density at radius 1 is 0.850 bits per heavy atom. The SMILES string of the molecule is CCCCc1nc(C#N)c(CC)c(CC)c1CCCC. The van der Waals surface area contributed by atoms with Crippen LogP contribution in [0, 0.1) is 11.3 Å². The van der Waals surface area contributed by atoms with E-state index in [0.717, 1.165) is 32.1 Å². The minimum absolute atomic E-state index is 0.663. The molecule has 0 spiro atoms. The fraction of sp³-hybridized carbons (Fsp3) is 0.667. The lowest BCUT2D eigenvalue weighted by Crippen LogP contribution is -2.10. The molecule has 0 amide bonds. The van der Waals surface area contributed by atoms with Crippen molar-refractivity contribution in [1.29, 1.82) is 5.26 Å². The maximum absolute atomic E-state index is 9.37. The summed E-state index contributed by atoms with van der Waals surface area (Å²) in [7, 11) is 0. The molecule has 0 fully saturated rings. The number of aryl methyl sites for hydroxylation is 1. The van der Waals surface area contributed by atoms with Crippen molar-refractivity contribution in [3.05, 3.63) is 28.1 Å². The van der Waals surface area contributed by atoms with Gasteiger partial charge in [0, 0.05) is 5.69 Å². The van der Waals surface area contributed by atoms with Crippen molar-refractivity contribution in [3.63, 3.8) is 0 Å². The zero-order valence-corrected chi connectivity index (χ0v) is 13.6. The first-order valence-corrected chi connectivity index (χ1v) is 8.16. The normalized spacial score (nSPS) is 10.6. The van der Waals surface area contributed by atoms with Gasteiger partial charge in [-0.3, -0.25) is 0 Å². The molecule has 0 saturated carbocycles. The Balaban J connectivity index is 3.35. The van der Waals surface area contributed by atoms with Crippen LogP contribution in [-0.4, -0.2) is 4.98 Å². The van der Waals surface area contributed by atoms with Crippen molar-refractivity contribution >= 4 is 0 Å². The number of hydrogen-bond acceptors (Lipinski definition) is 2. The minimum atomic E-state index is 0.663. The quantitative estimate of drug-likeness (QED) is 0.684. The van der Waals surface area contributed by atoms with E-state index in [9.17, 15) is 5.26 Å². The summed E-state index contributed by atoms with van der Waals surface area (Å²) in [5.41, 5.74) is 5.88. The summed E-state index contributed by atoms with van der Waals surface area (Å²) < 4.78 is 0. The third-order valence-corrected chi connectivity index (χ3v) is 3.97. The van der Waals surface area contributed by atoms with Crippen LogP contribution in [0.2, 0.25) is 0 Å². The Morgan fingerprint density at radius 2 is 1.45 bits per heavy atom. The zero-order valence-electron chi connectivity index (χ0n) is 13.6. The van der Waals surface area contributed by atoms with Gasteiger partial charge >= 0.3 is 0 Å². The topological polar surface area (TPSA) is 36.7 Å². The Bertz CT molecular complexity index is 469. The van der Waals surface area contributed by atoms with Crippen molar-refractivity contribution in [1.82, 2.24) is 4.98 Å². The highest BCUT2D eigenvalue weighted by Gasteiger charge is 2.16. The predicted molar refractivity (Wildman–Crippen MR) is 84.9 cm³/mol. The Kier molecular flexibility index (Phi) is 7.30. The van der Waals surface area contributed by atoms with Crippen molar-refractivity contribution in [3.8, 4) is 6.07 Å². The van der Waals surface area contributed by atoms with Crippen LogP contribution in [0.1, 0.15) is 81.5 Å². The molecule has 0 aliphatic heterocycles. The number of pyridine rings is 1. The van der Waals surface area contributed by atoms with Crippen LogP contribution in [0.3, 0.4) is 0 Å². The summed E-state index contributed by atoms with van der Waals surface area (Å²) >= 11 is 0. The van der Waals surface area contributed by atoms with E-state index in [1.807, 2.05) is 0 Å². The summed E-state index contributed by atoms with van der Waals surface area (Å²) in [6.45, 7) is 8.77.